The minimum atomic E-state index is 0.0505. The molecule has 0 radical (unpaired) electrons. The third-order valence-corrected chi connectivity index (χ3v) is 3.99. The standard InChI is InChI=1S/C15H19N3O2/c1-10-5-7-18(8-6-10)15(19)13-11(2)16-17-14(13)12-4-3-9-20-12/h3-4,9-10H,5-8H2,1-2H3,(H,16,17). The molecule has 0 aliphatic carbocycles. The van der Waals surface area contributed by atoms with Gasteiger partial charge in [0.05, 0.1) is 11.8 Å². The Kier molecular flexibility index (Phi) is 3.34. The van der Waals surface area contributed by atoms with E-state index in [-0.39, 0.29) is 5.91 Å². The molecule has 20 heavy (non-hydrogen) atoms. The van der Waals surface area contributed by atoms with Crippen molar-refractivity contribution in [2.75, 3.05) is 13.1 Å². The Morgan fingerprint density at radius 3 is 2.85 bits per heavy atom. The summed E-state index contributed by atoms with van der Waals surface area (Å²) in [5, 5.41) is 7.12. The number of H-pyrrole nitrogens is 1. The zero-order valence-corrected chi connectivity index (χ0v) is 11.8. The first kappa shape index (κ1) is 13.0. The number of rotatable bonds is 2. The predicted octanol–water partition coefficient (Wildman–Crippen LogP) is 2.85. The second-order valence-electron chi connectivity index (χ2n) is 5.52. The molecule has 0 spiro atoms. The molecule has 1 fully saturated rings. The Morgan fingerprint density at radius 2 is 2.20 bits per heavy atom. The van der Waals surface area contributed by atoms with Gasteiger partial charge in [-0.2, -0.15) is 5.10 Å². The monoisotopic (exact) mass is 273 g/mol. The summed E-state index contributed by atoms with van der Waals surface area (Å²) in [5.74, 6) is 1.38. The average molecular weight is 273 g/mol. The van der Waals surface area contributed by atoms with Crippen molar-refractivity contribution in [3.63, 3.8) is 0 Å². The van der Waals surface area contributed by atoms with Crippen LogP contribution in [-0.2, 0) is 0 Å². The molecule has 0 unspecified atom stereocenters. The van der Waals surface area contributed by atoms with Gasteiger partial charge >= 0.3 is 0 Å². The van der Waals surface area contributed by atoms with Crippen LogP contribution >= 0.6 is 0 Å². The Balaban J connectivity index is 1.90. The second kappa shape index (κ2) is 5.15. The maximum Gasteiger partial charge on any atom is 0.258 e. The van der Waals surface area contributed by atoms with Crippen LogP contribution in [-0.4, -0.2) is 34.1 Å². The summed E-state index contributed by atoms with van der Waals surface area (Å²) < 4.78 is 5.37. The van der Waals surface area contributed by atoms with Gasteiger partial charge in [0.1, 0.15) is 5.69 Å². The predicted molar refractivity (Wildman–Crippen MR) is 75.3 cm³/mol. The van der Waals surface area contributed by atoms with E-state index >= 15 is 0 Å². The Hall–Kier alpha value is -2.04. The molecule has 2 aromatic rings. The van der Waals surface area contributed by atoms with E-state index in [0.29, 0.717) is 22.9 Å². The summed E-state index contributed by atoms with van der Waals surface area (Å²) in [5.41, 5.74) is 2.03. The number of hydrogen-bond donors (Lipinski definition) is 1. The van der Waals surface area contributed by atoms with E-state index in [1.54, 1.807) is 12.3 Å². The summed E-state index contributed by atoms with van der Waals surface area (Å²) >= 11 is 0. The van der Waals surface area contributed by atoms with E-state index in [4.69, 9.17) is 4.42 Å². The number of aromatic amines is 1. The maximum absolute atomic E-state index is 12.7. The van der Waals surface area contributed by atoms with Gasteiger partial charge in [-0.25, -0.2) is 0 Å². The number of likely N-dealkylation sites (tertiary alicyclic amines) is 1. The Bertz CT molecular complexity index is 593. The van der Waals surface area contributed by atoms with Gasteiger partial charge in [-0.15, -0.1) is 0 Å². The lowest BCUT2D eigenvalue weighted by atomic mass is 9.98. The van der Waals surface area contributed by atoms with E-state index < -0.39 is 0 Å². The molecule has 3 heterocycles. The van der Waals surface area contributed by atoms with Crippen LogP contribution in [0.2, 0.25) is 0 Å². The van der Waals surface area contributed by atoms with Crippen molar-refractivity contribution in [3.05, 3.63) is 29.7 Å². The van der Waals surface area contributed by atoms with Crippen molar-refractivity contribution in [2.45, 2.75) is 26.7 Å². The fraction of sp³-hybridized carbons (Fsp3) is 0.467. The van der Waals surface area contributed by atoms with Gasteiger partial charge in [-0.05, 0) is 37.8 Å². The van der Waals surface area contributed by atoms with Crippen LogP contribution in [0.5, 0.6) is 0 Å². The first-order valence-corrected chi connectivity index (χ1v) is 7.05. The van der Waals surface area contributed by atoms with Gasteiger partial charge in [0.25, 0.3) is 5.91 Å². The minimum absolute atomic E-state index is 0.0505. The van der Waals surface area contributed by atoms with Gasteiger partial charge < -0.3 is 9.32 Å². The number of furan rings is 1. The normalized spacial score (nSPS) is 16.6. The van der Waals surface area contributed by atoms with E-state index in [9.17, 15) is 4.79 Å². The summed E-state index contributed by atoms with van der Waals surface area (Å²) in [4.78, 5) is 14.6. The quantitative estimate of drug-likeness (QED) is 0.915. The molecule has 1 aliphatic heterocycles. The van der Waals surface area contributed by atoms with Crippen molar-refractivity contribution < 1.29 is 9.21 Å². The molecule has 3 rings (SSSR count). The second-order valence-corrected chi connectivity index (χ2v) is 5.52. The zero-order chi connectivity index (χ0) is 14.1. The maximum atomic E-state index is 12.7. The molecule has 5 heteroatoms. The highest BCUT2D eigenvalue weighted by Gasteiger charge is 2.27. The molecule has 1 aliphatic rings. The highest BCUT2D eigenvalue weighted by Crippen LogP contribution is 2.27. The molecule has 0 saturated carbocycles. The van der Waals surface area contributed by atoms with Crippen LogP contribution in [0, 0.1) is 12.8 Å². The summed E-state index contributed by atoms with van der Waals surface area (Å²) in [6.07, 6.45) is 3.73. The molecule has 0 aromatic carbocycles. The third-order valence-electron chi connectivity index (χ3n) is 3.99. The molecule has 2 aromatic heterocycles. The van der Waals surface area contributed by atoms with Crippen LogP contribution < -0.4 is 0 Å². The van der Waals surface area contributed by atoms with Crippen LogP contribution in [0.25, 0.3) is 11.5 Å². The summed E-state index contributed by atoms with van der Waals surface area (Å²) in [6.45, 7) is 5.75. The summed E-state index contributed by atoms with van der Waals surface area (Å²) in [7, 11) is 0. The molecule has 0 bridgehead atoms. The fourth-order valence-corrected chi connectivity index (χ4v) is 2.65. The molecule has 0 atom stereocenters. The largest absolute Gasteiger partial charge is 0.463 e. The SMILES string of the molecule is Cc1[nH]nc(-c2ccco2)c1C(=O)N1CCC(C)CC1. The van der Waals surface area contributed by atoms with Gasteiger partial charge in [0, 0.05) is 18.8 Å². The molecule has 1 amide bonds. The third kappa shape index (κ3) is 2.24. The minimum Gasteiger partial charge on any atom is -0.463 e. The lowest BCUT2D eigenvalue weighted by Crippen LogP contribution is -2.38. The molecule has 1 saturated heterocycles. The highest BCUT2D eigenvalue weighted by molar-refractivity contribution is 6.00. The van der Waals surface area contributed by atoms with E-state index in [1.807, 2.05) is 17.9 Å². The van der Waals surface area contributed by atoms with Crippen molar-refractivity contribution >= 4 is 5.91 Å². The Morgan fingerprint density at radius 1 is 1.45 bits per heavy atom. The van der Waals surface area contributed by atoms with E-state index in [0.717, 1.165) is 31.6 Å². The molecule has 106 valence electrons. The topological polar surface area (TPSA) is 62.1 Å². The molecular weight excluding hydrogens is 254 g/mol. The van der Waals surface area contributed by atoms with Gasteiger partial charge in [-0.1, -0.05) is 6.92 Å². The number of piperidine rings is 1. The number of aryl methyl sites for hydroxylation is 1. The van der Waals surface area contributed by atoms with E-state index in [1.165, 1.54) is 0 Å². The van der Waals surface area contributed by atoms with Crippen LogP contribution in [0.3, 0.4) is 0 Å². The first-order chi connectivity index (χ1) is 9.66. The number of hydrogen-bond acceptors (Lipinski definition) is 3. The number of aromatic nitrogens is 2. The van der Waals surface area contributed by atoms with Gasteiger partial charge in [-0.3, -0.25) is 9.89 Å². The fourth-order valence-electron chi connectivity index (χ4n) is 2.65. The summed E-state index contributed by atoms with van der Waals surface area (Å²) in [6, 6.07) is 3.63. The van der Waals surface area contributed by atoms with Crippen molar-refractivity contribution in [3.8, 4) is 11.5 Å². The lowest BCUT2D eigenvalue weighted by molar-refractivity contribution is 0.0697. The zero-order valence-electron chi connectivity index (χ0n) is 11.8. The molecule has 5 nitrogen and oxygen atoms in total. The number of amides is 1. The first-order valence-electron chi connectivity index (χ1n) is 7.05. The van der Waals surface area contributed by atoms with Crippen LogP contribution in [0.15, 0.2) is 22.8 Å². The highest BCUT2D eigenvalue weighted by atomic mass is 16.3. The smallest absolute Gasteiger partial charge is 0.258 e. The van der Waals surface area contributed by atoms with Gasteiger partial charge in [0.15, 0.2) is 5.76 Å². The van der Waals surface area contributed by atoms with Crippen molar-refractivity contribution in [1.29, 1.82) is 0 Å². The lowest BCUT2D eigenvalue weighted by Gasteiger charge is -2.30. The number of nitrogens with one attached hydrogen (secondary N) is 1. The number of carbonyl (C=O) groups is 1. The Labute approximate surface area is 118 Å². The number of carbonyl (C=O) groups excluding carboxylic acids is 1. The van der Waals surface area contributed by atoms with Gasteiger partial charge in [0.2, 0.25) is 0 Å². The number of nitrogens with zero attached hydrogens (tertiary/aromatic N) is 2. The molecular formula is C15H19N3O2. The van der Waals surface area contributed by atoms with Crippen molar-refractivity contribution in [1.82, 2.24) is 15.1 Å². The van der Waals surface area contributed by atoms with Crippen LogP contribution in [0.4, 0.5) is 0 Å². The van der Waals surface area contributed by atoms with Crippen molar-refractivity contribution in [2.24, 2.45) is 5.92 Å². The molecule has 1 N–H and O–H groups in total. The average Bonchev–Trinajstić information content (AvgIpc) is 3.07. The van der Waals surface area contributed by atoms with E-state index in [2.05, 4.69) is 17.1 Å². The van der Waals surface area contributed by atoms with Crippen LogP contribution in [0.1, 0.15) is 35.8 Å².